The number of nitrogens with zero attached hydrogens (tertiary/aromatic N) is 1. The highest BCUT2D eigenvalue weighted by atomic mass is 79.9. The Bertz CT molecular complexity index is 1110. The molecule has 3 aromatic carbocycles. The number of rotatable bonds is 9. The van der Waals surface area contributed by atoms with Crippen LogP contribution < -0.4 is 10.1 Å². The lowest BCUT2D eigenvalue weighted by Gasteiger charge is -2.31. The number of carbonyl (C=O) groups excluding carboxylic acids is 2. The monoisotopic (exact) mass is 526 g/mol. The zero-order chi connectivity index (χ0) is 24.7. The van der Waals surface area contributed by atoms with Crippen LogP contribution in [-0.4, -0.2) is 36.4 Å². The molecule has 0 aliphatic carbocycles. The first-order chi connectivity index (χ1) is 16.3. The van der Waals surface area contributed by atoms with Crippen molar-refractivity contribution in [1.82, 2.24) is 10.2 Å². The fraction of sp³-hybridized carbons (Fsp3) is 0.259. The molecule has 0 bridgehead atoms. The number of hydrogen-bond acceptors (Lipinski definition) is 3. The van der Waals surface area contributed by atoms with Crippen molar-refractivity contribution in [1.29, 1.82) is 0 Å². The van der Waals surface area contributed by atoms with Gasteiger partial charge in [-0.2, -0.15) is 0 Å². The molecule has 0 heterocycles. The summed E-state index contributed by atoms with van der Waals surface area (Å²) >= 11 is 3.53. The number of likely N-dealkylation sites (N-methyl/N-ethyl adjacent to an activating group) is 1. The highest BCUT2D eigenvalue weighted by Crippen LogP contribution is 2.26. The van der Waals surface area contributed by atoms with Gasteiger partial charge in [-0.15, -0.1) is 0 Å². The Kier molecular flexibility index (Phi) is 8.82. The maximum atomic E-state index is 13.4. The summed E-state index contributed by atoms with van der Waals surface area (Å²) in [5.41, 5.74) is 3.64. The van der Waals surface area contributed by atoms with Crippen molar-refractivity contribution in [3.8, 4) is 5.75 Å². The van der Waals surface area contributed by atoms with Crippen LogP contribution in [-0.2, 0) is 22.6 Å². The maximum absolute atomic E-state index is 13.4. The smallest absolute Gasteiger partial charge is 0.261 e. The third-order valence-corrected chi connectivity index (χ3v) is 6.81. The Morgan fingerprint density at radius 1 is 1.00 bits per heavy atom. The zero-order valence-electron chi connectivity index (χ0n) is 19.5. The zero-order valence-corrected chi connectivity index (χ0v) is 21.1. The fourth-order valence-electron chi connectivity index (χ4n) is 3.72. The largest absolute Gasteiger partial charge is 0.484 e. The molecule has 5 nitrogen and oxygen atoms in total. The first kappa shape index (κ1) is 25.4. The second-order valence-corrected chi connectivity index (χ2v) is 8.92. The Labute approximate surface area is 208 Å². The number of carbonyl (C=O) groups is 2. The van der Waals surface area contributed by atoms with Crippen molar-refractivity contribution < 1.29 is 18.7 Å². The van der Waals surface area contributed by atoms with E-state index in [1.54, 1.807) is 19.2 Å². The predicted octanol–water partition coefficient (Wildman–Crippen LogP) is 4.97. The van der Waals surface area contributed by atoms with E-state index in [0.29, 0.717) is 17.7 Å². The summed E-state index contributed by atoms with van der Waals surface area (Å²) in [4.78, 5) is 27.8. The summed E-state index contributed by atoms with van der Waals surface area (Å²) in [6.07, 6.45) is 0.337. The van der Waals surface area contributed by atoms with E-state index in [9.17, 15) is 14.0 Å². The van der Waals surface area contributed by atoms with Crippen molar-refractivity contribution in [2.24, 2.45) is 0 Å². The lowest BCUT2D eigenvalue weighted by molar-refractivity contribution is -0.142. The van der Waals surface area contributed by atoms with E-state index in [-0.39, 0.29) is 30.8 Å². The van der Waals surface area contributed by atoms with Gasteiger partial charge in [-0.1, -0.05) is 58.4 Å². The third kappa shape index (κ3) is 6.67. The molecule has 1 unspecified atom stereocenters. The minimum Gasteiger partial charge on any atom is -0.484 e. The van der Waals surface area contributed by atoms with E-state index in [1.807, 2.05) is 56.3 Å². The molecule has 0 aromatic heterocycles. The van der Waals surface area contributed by atoms with E-state index in [1.165, 1.54) is 17.0 Å². The van der Waals surface area contributed by atoms with Crippen molar-refractivity contribution in [3.63, 3.8) is 0 Å². The lowest BCUT2D eigenvalue weighted by atomic mass is 10.0. The molecule has 0 saturated heterocycles. The van der Waals surface area contributed by atoms with Crippen LogP contribution >= 0.6 is 15.9 Å². The van der Waals surface area contributed by atoms with Gasteiger partial charge in [-0.05, 0) is 60.4 Å². The molecule has 0 fully saturated rings. The Balaban J connectivity index is 1.88. The van der Waals surface area contributed by atoms with E-state index >= 15 is 0 Å². The molecule has 1 atom stereocenters. The summed E-state index contributed by atoms with van der Waals surface area (Å²) in [5, 5.41) is 2.67. The predicted molar refractivity (Wildman–Crippen MR) is 134 cm³/mol. The number of nitrogens with one attached hydrogen (secondary N) is 1. The number of benzene rings is 3. The number of aryl methyl sites for hydroxylation is 2. The van der Waals surface area contributed by atoms with E-state index in [0.717, 1.165) is 21.2 Å². The van der Waals surface area contributed by atoms with Gasteiger partial charge in [-0.25, -0.2) is 4.39 Å². The summed E-state index contributed by atoms with van der Waals surface area (Å²) in [6.45, 7) is 3.82. The molecule has 1 N–H and O–H groups in total. The molecule has 34 heavy (non-hydrogen) atoms. The van der Waals surface area contributed by atoms with Crippen molar-refractivity contribution in [2.45, 2.75) is 32.9 Å². The lowest BCUT2D eigenvalue weighted by Crippen LogP contribution is -2.51. The highest BCUT2D eigenvalue weighted by Gasteiger charge is 2.30. The summed E-state index contributed by atoms with van der Waals surface area (Å²) in [5.74, 6) is -0.410. The molecule has 0 saturated carbocycles. The van der Waals surface area contributed by atoms with Gasteiger partial charge in [0, 0.05) is 24.5 Å². The van der Waals surface area contributed by atoms with Gasteiger partial charge in [0.05, 0.1) is 0 Å². The topological polar surface area (TPSA) is 58.6 Å². The number of amides is 2. The number of ether oxygens (including phenoxy) is 1. The van der Waals surface area contributed by atoms with Gasteiger partial charge in [0.2, 0.25) is 5.91 Å². The van der Waals surface area contributed by atoms with E-state index < -0.39 is 6.04 Å². The summed E-state index contributed by atoms with van der Waals surface area (Å²) < 4.78 is 20.3. The molecule has 0 radical (unpaired) electrons. The van der Waals surface area contributed by atoms with Crippen LogP contribution in [0.1, 0.15) is 22.3 Å². The van der Waals surface area contributed by atoms with Crippen molar-refractivity contribution in [3.05, 3.63) is 99.3 Å². The molecule has 7 heteroatoms. The van der Waals surface area contributed by atoms with Gasteiger partial charge < -0.3 is 15.0 Å². The van der Waals surface area contributed by atoms with Gasteiger partial charge in [0.15, 0.2) is 6.61 Å². The van der Waals surface area contributed by atoms with E-state index in [4.69, 9.17) is 4.74 Å². The standard InChI is InChI=1S/C27H28BrFN2O3/c1-18-13-23(14-19(2)26(18)28)34-17-25(32)31(16-21-9-11-22(29)12-10-21)24(27(33)30-3)15-20-7-5-4-6-8-20/h4-14,24H,15-17H2,1-3H3,(H,30,33). The van der Waals surface area contributed by atoms with Crippen LogP contribution in [0.4, 0.5) is 4.39 Å². The molecule has 3 aromatic rings. The third-order valence-electron chi connectivity index (χ3n) is 5.56. The van der Waals surface area contributed by atoms with Crippen molar-refractivity contribution >= 4 is 27.7 Å². The highest BCUT2D eigenvalue weighted by molar-refractivity contribution is 9.10. The summed E-state index contributed by atoms with van der Waals surface area (Å²) in [6, 6.07) is 18.4. The molecule has 2 amide bonds. The first-order valence-corrected chi connectivity index (χ1v) is 11.8. The SMILES string of the molecule is CNC(=O)C(Cc1ccccc1)N(Cc1ccc(F)cc1)C(=O)COc1cc(C)c(Br)c(C)c1. The van der Waals surface area contributed by atoms with Crippen LogP contribution in [0.3, 0.4) is 0 Å². The van der Waals surface area contributed by atoms with Crippen LogP contribution in [0.5, 0.6) is 5.75 Å². The Hall–Kier alpha value is -3.19. The van der Waals surface area contributed by atoms with Gasteiger partial charge in [0.1, 0.15) is 17.6 Å². The Morgan fingerprint density at radius 2 is 1.62 bits per heavy atom. The maximum Gasteiger partial charge on any atom is 0.261 e. The van der Waals surface area contributed by atoms with Crippen LogP contribution in [0.25, 0.3) is 0 Å². The van der Waals surface area contributed by atoms with Crippen LogP contribution in [0.15, 0.2) is 71.2 Å². The molecule has 0 spiro atoms. The molecule has 178 valence electrons. The molecular weight excluding hydrogens is 499 g/mol. The number of halogens is 2. The van der Waals surface area contributed by atoms with E-state index in [2.05, 4.69) is 21.2 Å². The van der Waals surface area contributed by atoms with Crippen molar-refractivity contribution in [2.75, 3.05) is 13.7 Å². The average molecular weight is 527 g/mol. The first-order valence-electron chi connectivity index (χ1n) is 11.0. The fourth-order valence-corrected chi connectivity index (χ4v) is 3.95. The normalized spacial score (nSPS) is 11.6. The van der Waals surface area contributed by atoms with Gasteiger partial charge in [0.25, 0.3) is 5.91 Å². The van der Waals surface area contributed by atoms with Crippen LogP contribution in [0.2, 0.25) is 0 Å². The molecule has 0 aliphatic heterocycles. The quantitative estimate of drug-likeness (QED) is 0.428. The van der Waals surface area contributed by atoms with Gasteiger partial charge in [-0.3, -0.25) is 9.59 Å². The molecule has 3 rings (SSSR count). The number of hydrogen-bond donors (Lipinski definition) is 1. The average Bonchev–Trinajstić information content (AvgIpc) is 2.84. The molecule has 0 aliphatic rings. The summed E-state index contributed by atoms with van der Waals surface area (Å²) in [7, 11) is 1.55. The Morgan fingerprint density at radius 3 is 2.21 bits per heavy atom. The minimum absolute atomic E-state index is 0.145. The second kappa shape index (κ2) is 11.8. The van der Waals surface area contributed by atoms with Gasteiger partial charge >= 0.3 is 0 Å². The minimum atomic E-state index is -0.762. The molecular formula is C27H28BrFN2O3. The van der Waals surface area contributed by atoms with Crippen LogP contribution in [0, 0.1) is 19.7 Å². The second-order valence-electron chi connectivity index (χ2n) is 8.13.